The third-order valence-electron chi connectivity index (χ3n) is 3.39. The molecule has 18 heavy (non-hydrogen) atoms. The second-order valence-electron chi connectivity index (χ2n) is 4.83. The lowest BCUT2D eigenvalue weighted by atomic mass is 10.0. The van der Waals surface area contributed by atoms with Crippen molar-refractivity contribution in [1.82, 2.24) is 4.98 Å². The summed E-state index contributed by atoms with van der Waals surface area (Å²) >= 11 is 0. The first kappa shape index (κ1) is 13.0. The summed E-state index contributed by atoms with van der Waals surface area (Å²) in [5.74, 6) is -0.521. The van der Waals surface area contributed by atoms with Crippen LogP contribution in [0.1, 0.15) is 48.9 Å². The van der Waals surface area contributed by atoms with Gasteiger partial charge in [-0.1, -0.05) is 25.7 Å². The molecule has 0 spiro atoms. The van der Waals surface area contributed by atoms with E-state index < -0.39 is 11.9 Å². The fraction of sp³-hybridized carbons (Fsp3) is 0.571. The molecule has 0 amide bonds. The lowest BCUT2D eigenvalue weighted by Crippen LogP contribution is -2.14. The molecule has 0 saturated heterocycles. The van der Waals surface area contributed by atoms with E-state index in [0.717, 1.165) is 12.8 Å². The minimum Gasteiger partial charge on any atom is -0.462 e. The van der Waals surface area contributed by atoms with Crippen molar-refractivity contribution in [3.8, 4) is 0 Å². The molecule has 0 atom stereocenters. The molecule has 2 rings (SSSR count). The average molecular weight is 251 g/mol. The highest BCUT2D eigenvalue weighted by molar-refractivity contribution is 5.88. The fourth-order valence-corrected chi connectivity index (χ4v) is 2.30. The van der Waals surface area contributed by atoms with E-state index in [1.54, 1.807) is 0 Å². The number of nitrogens with zero attached hydrogens (tertiary/aromatic N) is 1. The molecule has 3 nitrogen and oxygen atoms in total. The number of pyridine rings is 1. The molecule has 0 aromatic carbocycles. The summed E-state index contributed by atoms with van der Waals surface area (Å²) in [7, 11) is 0. The highest BCUT2D eigenvalue weighted by Gasteiger charge is 2.15. The average Bonchev–Trinajstić information content (AvgIpc) is 2.65. The van der Waals surface area contributed by atoms with Crippen LogP contribution in [0.15, 0.2) is 18.3 Å². The number of ether oxygens (including phenoxy) is 1. The minimum absolute atomic E-state index is 0.310. The number of esters is 1. The van der Waals surface area contributed by atoms with E-state index in [-0.39, 0.29) is 0 Å². The Morgan fingerprint density at radius 2 is 2.00 bits per heavy atom. The van der Waals surface area contributed by atoms with E-state index >= 15 is 0 Å². The van der Waals surface area contributed by atoms with Gasteiger partial charge in [-0.2, -0.15) is 4.39 Å². The van der Waals surface area contributed by atoms with Gasteiger partial charge in [0.15, 0.2) is 0 Å². The summed E-state index contributed by atoms with van der Waals surface area (Å²) in [4.78, 5) is 15.1. The van der Waals surface area contributed by atoms with E-state index in [1.165, 1.54) is 44.0 Å². The van der Waals surface area contributed by atoms with Crippen molar-refractivity contribution in [2.75, 3.05) is 6.61 Å². The van der Waals surface area contributed by atoms with Crippen molar-refractivity contribution in [1.29, 1.82) is 0 Å². The maximum atomic E-state index is 12.6. The normalized spacial score (nSPS) is 17.2. The Kier molecular flexibility index (Phi) is 4.67. The molecule has 0 unspecified atom stereocenters. The van der Waals surface area contributed by atoms with Crippen molar-refractivity contribution in [2.45, 2.75) is 38.5 Å². The predicted molar refractivity (Wildman–Crippen MR) is 65.7 cm³/mol. The standard InChI is InChI=1S/C14H18FNO2/c15-13-8-7-12(9-16-13)14(17)18-10-11-5-3-1-2-4-6-11/h7-9,11H,1-6,10H2. The Labute approximate surface area is 106 Å². The predicted octanol–water partition coefficient (Wildman–Crippen LogP) is 3.35. The van der Waals surface area contributed by atoms with Crippen molar-refractivity contribution >= 4 is 5.97 Å². The SMILES string of the molecule is O=C(OCC1CCCCCC1)c1ccc(F)nc1. The van der Waals surface area contributed by atoms with Crippen molar-refractivity contribution in [3.05, 3.63) is 29.8 Å². The molecule has 0 N–H and O–H groups in total. The Bertz CT molecular complexity index is 383. The third-order valence-corrected chi connectivity index (χ3v) is 3.39. The fourth-order valence-electron chi connectivity index (χ4n) is 2.30. The molecule has 1 fully saturated rings. The van der Waals surface area contributed by atoms with Crippen LogP contribution in [0.4, 0.5) is 4.39 Å². The monoisotopic (exact) mass is 251 g/mol. The van der Waals surface area contributed by atoms with Crippen LogP contribution in [0.2, 0.25) is 0 Å². The molecule has 1 aromatic rings. The van der Waals surface area contributed by atoms with Crippen LogP contribution < -0.4 is 0 Å². The van der Waals surface area contributed by atoms with E-state index in [4.69, 9.17) is 4.74 Å². The summed E-state index contributed by atoms with van der Waals surface area (Å²) in [6, 6.07) is 2.57. The number of carbonyl (C=O) groups excluding carboxylic acids is 1. The minimum atomic E-state index is -0.588. The molecule has 0 radical (unpaired) electrons. The van der Waals surface area contributed by atoms with Gasteiger partial charge in [-0.25, -0.2) is 9.78 Å². The van der Waals surface area contributed by atoms with Crippen LogP contribution >= 0.6 is 0 Å². The lowest BCUT2D eigenvalue weighted by Gasteiger charge is -2.13. The number of halogens is 1. The molecular formula is C14H18FNO2. The topological polar surface area (TPSA) is 39.2 Å². The molecule has 4 heteroatoms. The molecule has 98 valence electrons. The van der Waals surface area contributed by atoms with E-state index in [2.05, 4.69) is 4.98 Å². The zero-order chi connectivity index (χ0) is 12.8. The van der Waals surface area contributed by atoms with Crippen LogP contribution in [-0.4, -0.2) is 17.6 Å². The van der Waals surface area contributed by atoms with Gasteiger partial charge in [-0.05, 0) is 30.9 Å². The second-order valence-corrected chi connectivity index (χ2v) is 4.83. The van der Waals surface area contributed by atoms with Gasteiger partial charge < -0.3 is 4.74 Å². The highest BCUT2D eigenvalue weighted by Crippen LogP contribution is 2.23. The van der Waals surface area contributed by atoms with E-state index in [9.17, 15) is 9.18 Å². The number of hydrogen-bond donors (Lipinski definition) is 0. The van der Waals surface area contributed by atoms with E-state index in [0.29, 0.717) is 18.1 Å². The summed E-state index contributed by atoms with van der Waals surface area (Å²) in [6.45, 7) is 0.468. The van der Waals surface area contributed by atoms with Gasteiger partial charge in [-0.3, -0.25) is 0 Å². The summed E-state index contributed by atoms with van der Waals surface area (Å²) in [6.07, 6.45) is 8.49. The maximum absolute atomic E-state index is 12.6. The first-order chi connectivity index (χ1) is 8.75. The van der Waals surface area contributed by atoms with Crippen molar-refractivity contribution < 1.29 is 13.9 Å². The van der Waals surface area contributed by atoms with E-state index in [1.807, 2.05) is 0 Å². The molecular weight excluding hydrogens is 233 g/mol. The second kappa shape index (κ2) is 6.47. The van der Waals surface area contributed by atoms with Gasteiger partial charge in [-0.15, -0.1) is 0 Å². The van der Waals surface area contributed by atoms with Crippen LogP contribution in [-0.2, 0) is 4.74 Å². The van der Waals surface area contributed by atoms with Crippen molar-refractivity contribution in [3.63, 3.8) is 0 Å². The van der Waals surface area contributed by atoms with Crippen LogP contribution in [0.3, 0.4) is 0 Å². The Hall–Kier alpha value is -1.45. The highest BCUT2D eigenvalue weighted by atomic mass is 19.1. The molecule has 0 aliphatic heterocycles. The molecule has 1 saturated carbocycles. The molecule has 1 aliphatic carbocycles. The van der Waals surface area contributed by atoms with Gasteiger partial charge >= 0.3 is 5.97 Å². The molecule has 1 heterocycles. The summed E-state index contributed by atoms with van der Waals surface area (Å²) in [5, 5.41) is 0. The third kappa shape index (κ3) is 3.79. The molecule has 1 aromatic heterocycles. The lowest BCUT2D eigenvalue weighted by molar-refractivity contribution is 0.0427. The Morgan fingerprint density at radius 1 is 1.28 bits per heavy atom. The van der Waals surface area contributed by atoms with Crippen LogP contribution in [0, 0.1) is 11.9 Å². The van der Waals surface area contributed by atoms with Crippen LogP contribution in [0.25, 0.3) is 0 Å². The number of aromatic nitrogens is 1. The summed E-state index contributed by atoms with van der Waals surface area (Å²) in [5.41, 5.74) is 0.310. The smallest absolute Gasteiger partial charge is 0.339 e. The number of carbonyl (C=O) groups is 1. The zero-order valence-corrected chi connectivity index (χ0v) is 10.4. The number of rotatable bonds is 3. The Morgan fingerprint density at radius 3 is 2.61 bits per heavy atom. The first-order valence-corrected chi connectivity index (χ1v) is 6.54. The largest absolute Gasteiger partial charge is 0.462 e. The zero-order valence-electron chi connectivity index (χ0n) is 10.4. The first-order valence-electron chi connectivity index (χ1n) is 6.54. The van der Waals surface area contributed by atoms with Gasteiger partial charge in [0.25, 0.3) is 0 Å². The maximum Gasteiger partial charge on any atom is 0.339 e. The van der Waals surface area contributed by atoms with Crippen molar-refractivity contribution in [2.24, 2.45) is 5.92 Å². The van der Waals surface area contributed by atoms with Gasteiger partial charge in [0.1, 0.15) is 0 Å². The quantitative estimate of drug-likeness (QED) is 0.470. The van der Waals surface area contributed by atoms with Gasteiger partial charge in [0, 0.05) is 6.20 Å². The van der Waals surface area contributed by atoms with Gasteiger partial charge in [0.2, 0.25) is 5.95 Å². The van der Waals surface area contributed by atoms with Crippen LogP contribution in [0.5, 0.6) is 0 Å². The number of hydrogen-bond acceptors (Lipinski definition) is 3. The molecule has 1 aliphatic rings. The van der Waals surface area contributed by atoms with Gasteiger partial charge in [0.05, 0.1) is 12.2 Å². The Balaban J connectivity index is 1.82. The summed E-state index contributed by atoms with van der Waals surface area (Å²) < 4.78 is 17.9. The molecule has 0 bridgehead atoms.